The van der Waals surface area contributed by atoms with E-state index < -0.39 is 69.3 Å². The molecule has 16 heteroatoms. The van der Waals surface area contributed by atoms with E-state index in [0.29, 0.717) is 18.1 Å². The van der Waals surface area contributed by atoms with E-state index in [1.807, 2.05) is 0 Å². The Morgan fingerprint density at radius 1 is 0.673 bits per heavy atom. The Hall–Kier alpha value is 0.0951. The summed E-state index contributed by atoms with van der Waals surface area (Å²) in [6.45, 7) is 42.5. The molecule has 0 radical (unpaired) electrons. The first-order chi connectivity index (χ1) is 23.3. The third-order valence-electron chi connectivity index (χ3n) is 11.7. The summed E-state index contributed by atoms with van der Waals surface area (Å²) in [6.07, 6.45) is 9.71. The minimum atomic E-state index is -3.82. The molecular formula is C36H80N2O5SSi8. The van der Waals surface area contributed by atoms with Crippen LogP contribution in [0.5, 0.6) is 5.75 Å². The lowest BCUT2D eigenvalue weighted by atomic mass is 9.83. The summed E-state index contributed by atoms with van der Waals surface area (Å²) in [7, 11) is -12.6. The lowest BCUT2D eigenvalue weighted by Crippen LogP contribution is -2.85. The molecule has 1 aromatic carbocycles. The van der Waals surface area contributed by atoms with Gasteiger partial charge in [-0.15, -0.1) is 0 Å². The minimum Gasteiger partial charge on any atom is -0.497 e. The van der Waals surface area contributed by atoms with Crippen molar-refractivity contribution in [3.05, 3.63) is 24.3 Å². The molecule has 302 valence electrons. The maximum atomic E-state index is 13.2. The van der Waals surface area contributed by atoms with E-state index in [0.717, 1.165) is 6.42 Å². The van der Waals surface area contributed by atoms with Gasteiger partial charge in [0.15, 0.2) is 13.7 Å². The topological polar surface area (TPSA) is 86.2 Å². The number of hydrogen-bond acceptors (Lipinski definition) is 6. The number of sulfonamides is 1. The van der Waals surface area contributed by atoms with Crippen LogP contribution in [0.4, 0.5) is 0 Å². The SMILES string of the molecule is COc1ccc(S(=O)(=O)N/N=C/C[C@H](C[C@@H](O[Si]([Si](C)(C)C)([Si](C)(C)C)[Si](C)(C)C)C2CCCCC2)O[Si]([Si](C)(C)C)([Si](C)(C)C)[Si](C)(C)C)cc1. The molecule has 0 heterocycles. The second kappa shape index (κ2) is 17.3. The third-order valence-corrected chi connectivity index (χ3v) is 148. The van der Waals surface area contributed by atoms with Crippen molar-refractivity contribution in [1.82, 2.24) is 4.83 Å². The molecule has 2 atom stereocenters. The number of benzene rings is 1. The Labute approximate surface area is 328 Å². The Kier molecular flexibility index (Phi) is 16.0. The van der Waals surface area contributed by atoms with E-state index in [1.165, 1.54) is 32.1 Å². The van der Waals surface area contributed by atoms with Crippen LogP contribution in [0.25, 0.3) is 0 Å². The van der Waals surface area contributed by atoms with Gasteiger partial charge >= 0.3 is 0 Å². The van der Waals surface area contributed by atoms with Crippen molar-refractivity contribution >= 4 is 75.5 Å². The van der Waals surface area contributed by atoms with Crippen LogP contribution in [0.1, 0.15) is 44.9 Å². The molecular weight excluding hydrogens is 797 g/mol. The average molecular weight is 878 g/mol. The van der Waals surface area contributed by atoms with Gasteiger partial charge in [0.05, 0.1) is 63.7 Å². The molecule has 0 amide bonds. The van der Waals surface area contributed by atoms with Gasteiger partial charge in [-0.2, -0.15) is 13.5 Å². The van der Waals surface area contributed by atoms with Gasteiger partial charge in [0.1, 0.15) is 5.75 Å². The van der Waals surface area contributed by atoms with Gasteiger partial charge in [0.2, 0.25) is 0 Å². The second-order valence-electron chi connectivity index (χ2n) is 21.7. The molecule has 1 saturated carbocycles. The highest BCUT2D eigenvalue weighted by Crippen LogP contribution is 2.44. The smallest absolute Gasteiger partial charge is 0.276 e. The Morgan fingerprint density at radius 2 is 1.08 bits per heavy atom. The molecule has 0 spiro atoms. The summed E-state index contributed by atoms with van der Waals surface area (Å²) in [4.78, 5) is 2.68. The average Bonchev–Trinajstić information content (AvgIpc) is 2.96. The highest BCUT2D eigenvalue weighted by molar-refractivity contribution is 7.89. The van der Waals surface area contributed by atoms with Gasteiger partial charge in [-0.25, -0.2) is 4.83 Å². The fraction of sp³-hybridized carbons (Fsp3) is 0.806. The summed E-state index contributed by atoms with van der Waals surface area (Å²) in [5, 5.41) is 4.39. The van der Waals surface area contributed by atoms with Crippen LogP contribution in [0.3, 0.4) is 0 Å². The molecule has 1 aliphatic carbocycles. The largest absolute Gasteiger partial charge is 0.497 e. The van der Waals surface area contributed by atoms with Crippen molar-refractivity contribution in [3.8, 4) is 5.75 Å². The Bertz CT molecular complexity index is 1360. The number of nitrogens with one attached hydrogen (secondary N) is 1. The lowest BCUT2D eigenvalue weighted by Gasteiger charge is -2.59. The molecule has 0 bridgehead atoms. The normalized spacial score (nSPS) is 18.1. The van der Waals surface area contributed by atoms with Gasteiger partial charge in [-0.3, -0.25) is 0 Å². The standard InChI is InChI=1S/C36H80N2O5SSi8/c1-41-33-25-27-35(28-26-33)44(39,40)38-37-30-29-34(42-51(45(2,3)4,46(5,6)7)47(8,9)10)31-36(32-23-21-20-22-24-32)43-52(48(11,12)13,49(14,15)16)50(17,18)19/h25-28,30,32,34,36,38H,20-24,29,31H2,1-19H3/b37-30+/t34-,36-/m1/s1. The Balaban J connectivity index is 2.76. The zero-order valence-electron chi connectivity index (χ0n) is 37.0. The number of ether oxygens (including phenoxy) is 1. The number of hydrazone groups is 1. The maximum Gasteiger partial charge on any atom is 0.276 e. The van der Waals surface area contributed by atoms with Crippen LogP contribution in [0.15, 0.2) is 34.3 Å². The van der Waals surface area contributed by atoms with E-state index in [-0.39, 0.29) is 17.1 Å². The van der Waals surface area contributed by atoms with E-state index >= 15 is 0 Å². The fourth-order valence-corrected chi connectivity index (χ4v) is 201. The molecule has 52 heavy (non-hydrogen) atoms. The Morgan fingerprint density at radius 3 is 1.46 bits per heavy atom. The van der Waals surface area contributed by atoms with Crippen molar-refractivity contribution in [2.75, 3.05) is 7.11 Å². The first kappa shape index (κ1) is 48.2. The quantitative estimate of drug-likeness (QED) is 0.0850. The highest BCUT2D eigenvalue weighted by Gasteiger charge is 2.66. The van der Waals surface area contributed by atoms with Crippen LogP contribution in [-0.2, 0) is 18.9 Å². The monoisotopic (exact) mass is 876 g/mol. The number of nitrogens with zero attached hydrogens (tertiary/aromatic N) is 1. The van der Waals surface area contributed by atoms with Gasteiger partial charge < -0.3 is 13.6 Å². The molecule has 1 aliphatic rings. The zero-order chi connectivity index (χ0) is 40.4. The van der Waals surface area contributed by atoms with E-state index in [9.17, 15) is 8.42 Å². The third kappa shape index (κ3) is 10.7. The van der Waals surface area contributed by atoms with Crippen LogP contribution in [0.2, 0.25) is 118 Å². The number of hydrogen-bond donors (Lipinski definition) is 1. The molecule has 7 nitrogen and oxygen atoms in total. The summed E-state index contributed by atoms with van der Waals surface area (Å²) < 4.78 is 48.0. The molecule has 0 unspecified atom stereocenters. The minimum absolute atomic E-state index is 0.0605. The van der Waals surface area contributed by atoms with Gasteiger partial charge in [-0.1, -0.05) is 137 Å². The van der Waals surface area contributed by atoms with Crippen molar-refractivity contribution in [1.29, 1.82) is 0 Å². The molecule has 1 fully saturated rings. The summed E-state index contributed by atoms with van der Waals surface area (Å²) >= 11 is 0. The van der Waals surface area contributed by atoms with Crippen LogP contribution in [0, 0.1) is 5.92 Å². The van der Waals surface area contributed by atoms with Gasteiger partial charge in [0.25, 0.3) is 10.0 Å². The zero-order valence-corrected chi connectivity index (χ0v) is 45.8. The van der Waals surface area contributed by atoms with Crippen LogP contribution < -0.4 is 9.57 Å². The molecule has 2 rings (SSSR count). The van der Waals surface area contributed by atoms with Gasteiger partial charge in [0, 0.05) is 18.7 Å². The van der Waals surface area contributed by atoms with E-state index in [4.69, 9.17) is 13.6 Å². The van der Waals surface area contributed by atoms with Crippen molar-refractivity contribution < 1.29 is 22.0 Å². The lowest BCUT2D eigenvalue weighted by molar-refractivity contribution is 0.0597. The van der Waals surface area contributed by atoms with Crippen molar-refractivity contribution in [3.63, 3.8) is 0 Å². The summed E-state index contributed by atoms with van der Waals surface area (Å²) in [6, 6.07) is 6.42. The first-order valence-corrected chi connectivity index (χ1v) is 52.1. The predicted molar refractivity (Wildman–Crippen MR) is 249 cm³/mol. The molecule has 0 aliphatic heterocycles. The number of rotatable bonds is 19. The first-order valence-electron chi connectivity index (χ1n) is 19.8. The molecule has 0 aromatic heterocycles. The van der Waals surface area contributed by atoms with Crippen LogP contribution >= 0.6 is 0 Å². The second-order valence-corrected chi connectivity index (χ2v) is 102. The van der Waals surface area contributed by atoms with Crippen molar-refractivity contribution in [2.24, 2.45) is 11.0 Å². The summed E-state index contributed by atoms with van der Waals surface area (Å²) in [5.74, 6) is 1.16. The molecule has 0 saturated heterocycles. The number of methoxy groups -OCH3 is 1. The molecule has 1 N–H and O–H groups in total. The van der Waals surface area contributed by atoms with Crippen molar-refractivity contribution in [2.45, 2.75) is 180 Å². The van der Waals surface area contributed by atoms with Crippen LogP contribution in [-0.4, -0.2) is 93.2 Å². The molecule has 1 aromatic rings. The maximum absolute atomic E-state index is 13.2. The van der Waals surface area contributed by atoms with Gasteiger partial charge in [-0.05, 0) is 49.4 Å². The summed E-state index contributed by atoms with van der Waals surface area (Å²) in [5.41, 5.74) is 0. The van der Waals surface area contributed by atoms with E-state index in [1.54, 1.807) is 37.6 Å². The fourth-order valence-electron chi connectivity index (χ4n) is 11.7. The van der Waals surface area contributed by atoms with E-state index in [2.05, 4.69) is 128 Å². The predicted octanol–water partition coefficient (Wildman–Crippen LogP) is 10.5. The highest BCUT2D eigenvalue weighted by atomic mass is 32.2.